The van der Waals surface area contributed by atoms with Crippen LogP contribution in [0.3, 0.4) is 0 Å². The number of hydrogen-bond donors (Lipinski definition) is 0. The second kappa shape index (κ2) is 60.9. The Kier molecular flexibility index (Phi) is 57.8. The van der Waals surface area contributed by atoms with Gasteiger partial charge >= 0.3 is 17.9 Å². The molecular weight excluding hydrogens is 901 g/mol. The van der Waals surface area contributed by atoms with E-state index in [0.717, 1.165) is 89.9 Å². The molecule has 0 aromatic carbocycles. The number of carbonyl (C=O) groups is 3. The minimum absolute atomic E-state index is 0.0942. The van der Waals surface area contributed by atoms with E-state index in [4.69, 9.17) is 14.2 Å². The number of hydrogen-bond acceptors (Lipinski definition) is 6. The number of carbonyl (C=O) groups excluding carboxylic acids is 3. The van der Waals surface area contributed by atoms with Crippen LogP contribution < -0.4 is 0 Å². The Bertz CT molecular complexity index is 1440. The van der Waals surface area contributed by atoms with Gasteiger partial charge < -0.3 is 14.2 Å². The number of esters is 3. The van der Waals surface area contributed by atoms with E-state index in [1.807, 2.05) is 0 Å². The summed E-state index contributed by atoms with van der Waals surface area (Å²) in [6, 6.07) is 0. The molecule has 0 spiro atoms. The summed E-state index contributed by atoms with van der Waals surface area (Å²) in [5.41, 5.74) is 0. The van der Waals surface area contributed by atoms with Gasteiger partial charge in [-0.1, -0.05) is 272 Å². The van der Waals surface area contributed by atoms with E-state index >= 15 is 0 Å². The van der Waals surface area contributed by atoms with Crippen molar-refractivity contribution in [1.82, 2.24) is 0 Å². The Labute approximate surface area is 451 Å². The van der Waals surface area contributed by atoms with Gasteiger partial charge in [0.2, 0.25) is 0 Å². The first-order chi connectivity index (χ1) is 36.0. The molecule has 0 saturated carbocycles. The molecule has 73 heavy (non-hydrogen) atoms. The second-order valence-corrected chi connectivity index (χ2v) is 20.2. The molecule has 6 heteroatoms. The van der Waals surface area contributed by atoms with Crippen LogP contribution in [-0.4, -0.2) is 37.2 Å². The third-order valence-electron chi connectivity index (χ3n) is 13.1. The summed E-state index contributed by atoms with van der Waals surface area (Å²) < 4.78 is 16.8. The van der Waals surface area contributed by atoms with Gasteiger partial charge in [-0.15, -0.1) is 0 Å². The number of rotatable bonds is 55. The maximum absolute atomic E-state index is 12.9. The zero-order valence-corrected chi connectivity index (χ0v) is 47.9. The molecule has 0 saturated heterocycles. The minimum atomic E-state index is -0.800. The van der Waals surface area contributed by atoms with Gasteiger partial charge in [0, 0.05) is 19.3 Å². The van der Waals surface area contributed by atoms with Crippen LogP contribution in [0.15, 0.2) is 97.2 Å². The molecule has 1 atom stereocenters. The van der Waals surface area contributed by atoms with Gasteiger partial charge in [-0.3, -0.25) is 14.4 Å². The van der Waals surface area contributed by atoms with Crippen LogP contribution in [-0.2, 0) is 28.6 Å². The molecule has 0 aromatic rings. The third-order valence-corrected chi connectivity index (χ3v) is 13.1. The van der Waals surface area contributed by atoms with Gasteiger partial charge in [0.15, 0.2) is 6.10 Å². The first-order valence-corrected chi connectivity index (χ1v) is 30.7. The van der Waals surface area contributed by atoms with Gasteiger partial charge in [-0.25, -0.2) is 0 Å². The summed E-state index contributed by atoms with van der Waals surface area (Å²) >= 11 is 0. The minimum Gasteiger partial charge on any atom is -0.462 e. The first kappa shape index (κ1) is 69.3. The molecule has 0 fully saturated rings. The van der Waals surface area contributed by atoms with Crippen molar-refractivity contribution in [1.29, 1.82) is 0 Å². The molecule has 418 valence electrons. The number of allylic oxidation sites excluding steroid dienone is 16. The van der Waals surface area contributed by atoms with Crippen LogP contribution in [0.1, 0.15) is 290 Å². The van der Waals surface area contributed by atoms with Gasteiger partial charge in [-0.2, -0.15) is 0 Å². The molecule has 0 amide bonds. The molecule has 0 aliphatic heterocycles. The molecule has 0 aromatic heterocycles. The van der Waals surface area contributed by atoms with Gasteiger partial charge in [-0.05, 0) is 96.3 Å². The highest BCUT2D eigenvalue weighted by Gasteiger charge is 2.19. The van der Waals surface area contributed by atoms with Crippen LogP contribution in [0.2, 0.25) is 0 Å². The van der Waals surface area contributed by atoms with Crippen molar-refractivity contribution in [2.24, 2.45) is 0 Å². The Morgan fingerprint density at radius 2 is 0.548 bits per heavy atom. The molecule has 6 nitrogen and oxygen atoms in total. The van der Waals surface area contributed by atoms with E-state index in [2.05, 4.69) is 118 Å². The summed E-state index contributed by atoms with van der Waals surface area (Å²) in [5, 5.41) is 0. The Hall–Kier alpha value is -3.67. The number of ether oxygens (including phenoxy) is 3. The highest BCUT2D eigenvalue weighted by molar-refractivity contribution is 5.71. The lowest BCUT2D eigenvalue weighted by Crippen LogP contribution is -2.30. The lowest BCUT2D eigenvalue weighted by atomic mass is 10.0. The molecule has 0 N–H and O–H groups in total. The summed E-state index contributed by atoms with van der Waals surface area (Å²) in [5.74, 6) is -0.954. The lowest BCUT2D eigenvalue weighted by Gasteiger charge is -2.18. The average Bonchev–Trinajstić information content (AvgIpc) is 3.39. The van der Waals surface area contributed by atoms with Gasteiger partial charge in [0.25, 0.3) is 0 Å². The monoisotopic (exact) mass is 1010 g/mol. The molecular formula is C67H114O6. The van der Waals surface area contributed by atoms with Gasteiger partial charge in [0.05, 0.1) is 0 Å². The molecule has 0 rings (SSSR count). The topological polar surface area (TPSA) is 78.9 Å². The first-order valence-electron chi connectivity index (χ1n) is 30.7. The van der Waals surface area contributed by atoms with Gasteiger partial charge in [0.1, 0.15) is 13.2 Å². The molecule has 0 heterocycles. The normalized spacial score (nSPS) is 12.8. The smallest absolute Gasteiger partial charge is 0.306 e. The molecule has 0 bridgehead atoms. The standard InChI is InChI=1S/C67H114O6/c1-4-7-10-13-16-19-21-23-25-27-29-31-33-35-37-39-41-43-45-48-51-54-57-60-66(69)72-63-64(62-71-65(68)59-56-53-50-47-18-15-12-9-6-3)73-67(70)61-58-55-52-49-46-44-42-40-38-36-34-32-30-28-26-24-22-20-17-14-11-8-5-2/h7,10,16,19,23,25,28-31,35,37,41,43,48,51,64H,4-6,8-9,11-15,17-18,20-22,24,26-27,32-34,36,38-40,42,44-47,49-50,52-63H2,1-3H3/b10-7-,19-16-,25-23-,30-28-,31-29-,37-35-,43-41-,51-48-. The quantitative estimate of drug-likeness (QED) is 0.0261. The third kappa shape index (κ3) is 59.1. The van der Waals surface area contributed by atoms with Crippen molar-refractivity contribution in [2.45, 2.75) is 297 Å². The summed E-state index contributed by atoms with van der Waals surface area (Å²) in [7, 11) is 0. The maximum atomic E-state index is 12.9. The molecule has 0 aliphatic carbocycles. The van der Waals surface area contributed by atoms with Crippen LogP contribution in [0.5, 0.6) is 0 Å². The van der Waals surface area contributed by atoms with Crippen LogP contribution >= 0.6 is 0 Å². The van der Waals surface area contributed by atoms with Crippen molar-refractivity contribution in [3.63, 3.8) is 0 Å². The van der Waals surface area contributed by atoms with Crippen LogP contribution in [0, 0.1) is 0 Å². The fraction of sp³-hybridized carbons (Fsp3) is 0.716. The molecule has 1 unspecified atom stereocenters. The maximum Gasteiger partial charge on any atom is 0.306 e. The van der Waals surface area contributed by atoms with E-state index in [1.54, 1.807) is 0 Å². The SMILES string of the molecule is CC/C=C\C/C=C\C/C=C\C/C=C\C/C=C\C/C=C\C/C=C\CCCC(=O)OCC(COC(=O)CCCCCCCCCCC)OC(=O)CCCCCCCCCCCCC/C=C\CCCCCCCCCC. The average molecular weight is 1020 g/mol. The second-order valence-electron chi connectivity index (χ2n) is 20.2. The van der Waals surface area contributed by atoms with E-state index in [0.29, 0.717) is 19.3 Å². The summed E-state index contributed by atoms with van der Waals surface area (Å²) in [6.45, 7) is 6.47. The fourth-order valence-corrected chi connectivity index (χ4v) is 8.49. The van der Waals surface area contributed by atoms with Crippen molar-refractivity contribution in [3.05, 3.63) is 97.2 Å². The van der Waals surface area contributed by atoms with E-state index < -0.39 is 6.10 Å². The Morgan fingerprint density at radius 1 is 0.288 bits per heavy atom. The highest BCUT2D eigenvalue weighted by Crippen LogP contribution is 2.16. The summed E-state index contributed by atoms with van der Waals surface area (Å²) in [4.78, 5) is 38.1. The molecule has 0 radical (unpaired) electrons. The van der Waals surface area contributed by atoms with Crippen molar-refractivity contribution < 1.29 is 28.6 Å². The van der Waals surface area contributed by atoms with Crippen molar-refractivity contribution in [2.75, 3.05) is 13.2 Å². The molecule has 0 aliphatic rings. The predicted octanol–water partition coefficient (Wildman–Crippen LogP) is 20.9. The fourth-order valence-electron chi connectivity index (χ4n) is 8.49. The Morgan fingerprint density at radius 3 is 0.904 bits per heavy atom. The van der Waals surface area contributed by atoms with Crippen molar-refractivity contribution >= 4 is 17.9 Å². The van der Waals surface area contributed by atoms with E-state index in [-0.39, 0.29) is 37.5 Å². The van der Waals surface area contributed by atoms with Crippen LogP contribution in [0.4, 0.5) is 0 Å². The van der Waals surface area contributed by atoms with Crippen LogP contribution in [0.25, 0.3) is 0 Å². The zero-order valence-electron chi connectivity index (χ0n) is 47.9. The largest absolute Gasteiger partial charge is 0.462 e. The lowest BCUT2D eigenvalue weighted by molar-refractivity contribution is -0.167. The Balaban J connectivity index is 4.34. The summed E-state index contributed by atoms with van der Waals surface area (Å²) in [6.07, 6.45) is 81.4. The van der Waals surface area contributed by atoms with Crippen molar-refractivity contribution in [3.8, 4) is 0 Å². The van der Waals surface area contributed by atoms with E-state index in [1.165, 1.54) is 154 Å². The highest BCUT2D eigenvalue weighted by atomic mass is 16.6. The number of unbranched alkanes of at least 4 members (excludes halogenated alkanes) is 28. The zero-order chi connectivity index (χ0) is 52.9. The van der Waals surface area contributed by atoms with E-state index in [9.17, 15) is 14.4 Å². The predicted molar refractivity (Wildman–Crippen MR) is 316 cm³/mol.